The second-order valence-corrected chi connectivity index (χ2v) is 9.93. The predicted molar refractivity (Wildman–Crippen MR) is 124 cm³/mol. The van der Waals surface area contributed by atoms with Crippen LogP contribution < -0.4 is 0 Å². The molecule has 0 aromatic heterocycles. The number of aliphatic hydroxyl groups is 2. The zero-order valence-electron chi connectivity index (χ0n) is 19.7. The van der Waals surface area contributed by atoms with Crippen LogP contribution in [0.25, 0.3) is 0 Å². The fourth-order valence-corrected chi connectivity index (χ4v) is 5.88. The summed E-state index contributed by atoms with van der Waals surface area (Å²) >= 11 is 0. The van der Waals surface area contributed by atoms with Gasteiger partial charge in [-0.15, -0.1) is 0 Å². The number of hydrogen-bond acceptors (Lipinski definition) is 5. The summed E-state index contributed by atoms with van der Waals surface area (Å²) in [6, 6.07) is 8.00. The first-order valence-electron chi connectivity index (χ1n) is 12.5. The van der Waals surface area contributed by atoms with Gasteiger partial charge in [0.05, 0.1) is 19.3 Å². The molecule has 0 saturated heterocycles. The van der Waals surface area contributed by atoms with Gasteiger partial charge < -0.3 is 14.9 Å². The van der Waals surface area contributed by atoms with Crippen LogP contribution in [-0.4, -0.2) is 35.2 Å². The van der Waals surface area contributed by atoms with Gasteiger partial charge in [-0.1, -0.05) is 63.3 Å². The summed E-state index contributed by atoms with van der Waals surface area (Å²) in [5, 5.41) is 21.6. The molecule has 4 unspecified atom stereocenters. The van der Waals surface area contributed by atoms with E-state index in [1.807, 2.05) is 24.3 Å². The van der Waals surface area contributed by atoms with E-state index in [1.54, 1.807) is 0 Å². The lowest BCUT2D eigenvalue weighted by Crippen LogP contribution is -2.36. The highest BCUT2D eigenvalue weighted by Crippen LogP contribution is 2.53. The van der Waals surface area contributed by atoms with Crippen molar-refractivity contribution >= 4 is 11.8 Å². The second-order valence-electron chi connectivity index (χ2n) is 9.93. The first kappa shape index (κ1) is 24.9. The van der Waals surface area contributed by atoms with Crippen molar-refractivity contribution in [2.75, 3.05) is 7.11 Å². The number of esters is 1. The van der Waals surface area contributed by atoms with E-state index in [0.29, 0.717) is 6.42 Å². The lowest BCUT2D eigenvalue weighted by atomic mass is 9.61. The average molecular weight is 445 g/mol. The van der Waals surface area contributed by atoms with Crippen LogP contribution in [0.3, 0.4) is 0 Å². The van der Waals surface area contributed by atoms with Gasteiger partial charge in [-0.2, -0.15) is 0 Å². The van der Waals surface area contributed by atoms with Crippen molar-refractivity contribution in [2.24, 2.45) is 11.3 Å². The standard InChI is InChI=1S/C27H40O5/c1-3-15-27(16-8-17-27)26(31)20-13-11-19(12-14-20)25-21(22(28)18-23(25)29)9-6-4-5-7-10-24(30)32-2/h11-14,21,23,25-26,29,31H,3-10,15-18H2,1-2H3. The summed E-state index contributed by atoms with van der Waals surface area (Å²) in [7, 11) is 1.41. The van der Waals surface area contributed by atoms with Crippen molar-refractivity contribution in [2.45, 2.75) is 102 Å². The van der Waals surface area contributed by atoms with Gasteiger partial charge in [0.15, 0.2) is 0 Å². The van der Waals surface area contributed by atoms with E-state index < -0.39 is 12.2 Å². The van der Waals surface area contributed by atoms with Crippen molar-refractivity contribution in [3.05, 3.63) is 35.4 Å². The van der Waals surface area contributed by atoms with Gasteiger partial charge in [-0.05, 0) is 43.2 Å². The normalized spacial score (nSPS) is 25.4. The maximum atomic E-state index is 12.6. The SMILES string of the molecule is CCCC1(C(O)c2ccc(C3C(O)CC(=O)C3CCCCCCC(=O)OC)cc2)CCC1. The number of methoxy groups -OCH3 is 1. The minimum atomic E-state index is -0.638. The summed E-state index contributed by atoms with van der Waals surface area (Å²) in [6.07, 6.45) is 9.47. The van der Waals surface area contributed by atoms with Gasteiger partial charge in [0.25, 0.3) is 0 Å². The van der Waals surface area contributed by atoms with Crippen molar-refractivity contribution in [3.8, 4) is 0 Å². The summed E-state index contributed by atoms with van der Waals surface area (Å²) in [5.74, 6) is -0.348. The number of aliphatic hydroxyl groups excluding tert-OH is 2. The van der Waals surface area contributed by atoms with Crippen molar-refractivity contribution in [1.29, 1.82) is 0 Å². The number of unbranched alkanes of at least 4 members (excludes halogenated alkanes) is 3. The van der Waals surface area contributed by atoms with Gasteiger partial charge in [-0.25, -0.2) is 0 Å². The molecule has 178 valence electrons. The Labute approximate surface area is 192 Å². The molecule has 1 aromatic rings. The van der Waals surface area contributed by atoms with E-state index in [1.165, 1.54) is 13.5 Å². The van der Waals surface area contributed by atoms with Crippen LogP contribution in [0.4, 0.5) is 0 Å². The highest BCUT2D eigenvalue weighted by Gasteiger charge is 2.44. The smallest absolute Gasteiger partial charge is 0.305 e. The molecule has 0 bridgehead atoms. The fourth-order valence-electron chi connectivity index (χ4n) is 5.88. The highest BCUT2D eigenvalue weighted by atomic mass is 16.5. The molecule has 4 atom stereocenters. The molecule has 0 amide bonds. The third kappa shape index (κ3) is 5.60. The molecule has 1 aromatic carbocycles. The van der Waals surface area contributed by atoms with E-state index in [9.17, 15) is 19.8 Å². The van der Waals surface area contributed by atoms with Crippen LogP contribution in [0.5, 0.6) is 0 Å². The molecule has 2 N–H and O–H groups in total. The number of benzene rings is 1. The molecule has 0 heterocycles. The van der Waals surface area contributed by atoms with Crippen LogP contribution in [0, 0.1) is 11.3 Å². The Morgan fingerprint density at radius 3 is 2.44 bits per heavy atom. The topological polar surface area (TPSA) is 83.8 Å². The van der Waals surface area contributed by atoms with Crippen LogP contribution in [-0.2, 0) is 14.3 Å². The largest absolute Gasteiger partial charge is 0.469 e. The second kappa shape index (κ2) is 11.4. The maximum absolute atomic E-state index is 12.6. The quantitative estimate of drug-likeness (QED) is 0.340. The van der Waals surface area contributed by atoms with Crippen LogP contribution in [0.15, 0.2) is 24.3 Å². The Morgan fingerprint density at radius 1 is 1.16 bits per heavy atom. The van der Waals surface area contributed by atoms with E-state index in [0.717, 1.165) is 68.9 Å². The molecule has 2 fully saturated rings. The van der Waals surface area contributed by atoms with E-state index in [2.05, 4.69) is 11.7 Å². The Kier molecular flexibility index (Phi) is 8.89. The van der Waals surface area contributed by atoms with Crippen LogP contribution >= 0.6 is 0 Å². The van der Waals surface area contributed by atoms with Gasteiger partial charge in [0.1, 0.15) is 5.78 Å². The zero-order chi connectivity index (χ0) is 23.1. The molecule has 2 aliphatic carbocycles. The molecular formula is C27H40O5. The molecule has 3 rings (SSSR count). The summed E-state index contributed by atoms with van der Waals surface area (Å²) in [4.78, 5) is 23.8. The summed E-state index contributed by atoms with van der Waals surface area (Å²) < 4.78 is 4.66. The molecule has 2 aliphatic rings. The maximum Gasteiger partial charge on any atom is 0.305 e. The van der Waals surface area contributed by atoms with E-state index in [4.69, 9.17) is 0 Å². The van der Waals surface area contributed by atoms with E-state index in [-0.39, 0.29) is 35.4 Å². The van der Waals surface area contributed by atoms with Crippen molar-refractivity contribution in [1.82, 2.24) is 0 Å². The number of Topliss-reactive ketones (excluding diaryl/α,β-unsaturated/α-hetero) is 1. The lowest BCUT2D eigenvalue weighted by molar-refractivity contribution is -0.140. The fraction of sp³-hybridized carbons (Fsp3) is 0.704. The monoisotopic (exact) mass is 444 g/mol. The zero-order valence-corrected chi connectivity index (χ0v) is 19.7. The number of ether oxygens (including phenoxy) is 1. The molecule has 2 saturated carbocycles. The van der Waals surface area contributed by atoms with Gasteiger partial charge in [0.2, 0.25) is 0 Å². The third-order valence-corrected chi connectivity index (χ3v) is 7.86. The highest BCUT2D eigenvalue weighted by molar-refractivity contribution is 5.85. The van der Waals surface area contributed by atoms with Crippen LogP contribution in [0.1, 0.15) is 107 Å². The van der Waals surface area contributed by atoms with Gasteiger partial charge in [0, 0.05) is 30.1 Å². The van der Waals surface area contributed by atoms with E-state index >= 15 is 0 Å². The van der Waals surface area contributed by atoms with Gasteiger partial charge in [-0.3, -0.25) is 9.59 Å². The number of carbonyl (C=O) groups is 2. The Balaban J connectivity index is 1.58. The molecule has 32 heavy (non-hydrogen) atoms. The predicted octanol–water partition coefficient (Wildman–Crippen LogP) is 5.24. The Hall–Kier alpha value is -1.72. The molecular weight excluding hydrogens is 404 g/mol. The molecule has 0 aliphatic heterocycles. The number of ketones is 1. The Bertz CT molecular complexity index is 752. The van der Waals surface area contributed by atoms with Gasteiger partial charge >= 0.3 is 5.97 Å². The summed E-state index contributed by atoms with van der Waals surface area (Å²) in [5.41, 5.74) is 1.96. The van der Waals surface area contributed by atoms with Crippen LogP contribution in [0.2, 0.25) is 0 Å². The first-order valence-corrected chi connectivity index (χ1v) is 12.5. The molecule has 0 spiro atoms. The minimum absolute atomic E-state index is 0.0233. The molecule has 0 radical (unpaired) electrons. The average Bonchev–Trinajstić information content (AvgIpc) is 3.05. The third-order valence-electron chi connectivity index (χ3n) is 7.86. The Morgan fingerprint density at radius 2 is 1.84 bits per heavy atom. The first-order chi connectivity index (χ1) is 15.4. The van der Waals surface area contributed by atoms with Crippen molar-refractivity contribution < 1.29 is 24.5 Å². The number of carbonyl (C=O) groups excluding carboxylic acids is 2. The molecule has 5 nitrogen and oxygen atoms in total. The number of hydrogen-bond donors (Lipinski definition) is 2. The minimum Gasteiger partial charge on any atom is -0.469 e. The molecule has 5 heteroatoms. The van der Waals surface area contributed by atoms with Crippen molar-refractivity contribution in [3.63, 3.8) is 0 Å². The summed E-state index contributed by atoms with van der Waals surface area (Å²) in [6.45, 7) is 2.17. The lowest BCUT2D eigenvalue weighted by Gasteiger charge is -2.46. The number of rotatable bonds is 12.